The van der Waals surface area contributed by atoms with Crippen LogP contribution in [0.5, 0.6) is 0 Å². The fraction of sp³-hybridized carbons (Fsp3) is 0.444. The first-order chi connectivity index (χ1) is 13.0. The van der Waals surface area contributed by atoms with Crippen molar-refractivity contribution >= 4 is 45.1 Å². The number of nitrogens with one attached hydrogen (secondary N) is 1. The number of thioether (sulfide) groups is 1. The second-order valence-electron chi connectivity index (χ2n) is 6.35. The highest BCUT2D eigenvalue weighted by Gasteiger charge is 2.23. The maximum atomic E-state index is 13.0. The first-order valence-electron chi connectivity index (χ1n) is 8.69. The van der Waals surface area contributed by atoms with Gasteiger partial charge in [-0.25, -0.2) is 4.98 Å². The van der Waals surface area contributed by atoms with Gasteiger partial charge in [0.05, 0.1) is 17.7 Å². The molecule has 1 N–H and O–H groups in total. The van der Waals surface area contributed by atoms with Gasteiger partial charge in [-0.05, 0) is 24.8 Å². The molecule has 0 aliphatic heterocycles. The van der Waals surface area contributed by atoms with Gasteiger partial charge in [0, 0.05) is 25.5 Å². The minimum Gasteiger partial charge on any atom is -0.358 e. The number of aryl methyl sites for hydroxylation is 2. The SMILES string of the molecule is C=CCn1c(SCC(=O)N(C)CC(=O)NC)nc2sc3c(c2c1=O)CCC3. The number of carbonyl (C=O) groups excluding carboxylic acids is 2. The van der Waals surface area contributed by atoms with Gasteiger partial charge in [0.25, 0.3) is 5.56 Å². The molecule has 2 aromatic heterocycles. The van der Waals surface area contributed by atoms with Crippen LogP contribution >= 0.6 is 23.1 Å². The number of rotatable bonds is 7. The predicted molar refractivity (Wildman–Crippen MR) is 109 cm³/mol. The molecule has 9 heteroatoms. The summed E-state index contributed by atoms with van der Waals surface area (Å²) in [4.78, 5) is 44.8. The van der Waals surface area contributed by atoms with E-state index in [1.54, 1.807) is 29.0 Å². The van der Waals surface area contributed by atoms with Crippen LogP contribution in [0, 0.1) is 0 Å². The van der Waals surface area contributed by atoms with Crippen LogP contribution in [0.3, 0.4) is 0 Å². The van der Waals surface area contributed by atoms with Gasteiger partial charge in [0.15, 0.2) is 5.16 Å². The Morgan fingerprint density at radius 3 is 2.93 bits per heavy atom. The minimum atomic E-state index is -0.230. The maximum Gasteiger partial charge on any atom is 0.263 e. The zero-order valence-corrected chi connectivity index (χ0v) is 17.0. The molecule has 0 saturated carbocycles. The van der Waals surface area contributed by atoms with E-state index in [0.717, 1.165) is 35.0 Å². The van der Waals surface area contributed by atoms with Crippen molar-refractivity contribution in [3.05, 3.63) is 33.4 Å². The van der Waals surface area contributed by atoms with Gasteiger partial charge in [-0.1, -0.05) is 17.8 Å². The number of fused-ring (bicyclic) bond motifs is 3. The van der Waals surface area contributed by atoms with Crippen LogP contribution < -0.4 is 10.9 Å². The van der Waals surface area contributed by atoms with E-state index in [4.69, 9.17) is 0 Å². The van der Waals surface area contributed by atoms with Crippen molar-refractivity contribution in [2.75, 3.05) is 26.4 Å². The molecular formula is C18H22N4O3S2. The van der Waals surface area contributed by atoms with E-state index in [0.29, 0.717) is 11.7 Å². The molecule has 2 amide bonds. The molecule has 0 aromatic carbocycles. The summed E-state index contributed by atoms with van der Waals surface area (Å²) in [6.07, 6.45) is 4.67. The lowest BCUT2D eigenvalue weighted by Gasteiger charge is -2.16. The molecule has 0 radical (unpaired) electrons. The quantitative estimate of drug-likeness (QED) is 0.427. The van der Waals surface area contributed by atoms with Gasteiger partial charge < -0.3 is 10.2 Å². The Labute approximate surface area is 165 Å². The van der Waals surface area contributed by atoms with E-state index in [1.165, 1.54) is 28.6 Å². The van der Waals surface area contributed by atoms with Crippen molar-refractivity contribution < 1.29 is 9.59 Å². The van der Waals surface area contributed by atoms with Gasteiger partial charge in [-0.15, -0.1) is 17.9 Å². The number of thiophene rings is 1. The zero-order chi connectivity index (χ0) is 19.6. The number of amides is 2. The molecule has 144 valence electrons. The van der Waals surface area contributed by atoms with Crippen molar-refractivity contribution in [1.29, 1.82) is 0 Å². The summed E-state index contributed by atoms with van der Waals surface area (Å²) >= 11 is 2.80. The molecular weight excluding hydrogens is 384 g/mol. The van der Waals surface area contributed by atoms with Crippen LogP contribution in [0.15, 0.2) is 22.6 Å². The molecule has 1 aliphatic rings. The standard InChI is InChI=1S/C18H22N4O3S2/c1-4-8-22-17(25)15-11-6-5-7-12(11)27-16(15)20-18(22)26-10-14(24)21(3)9-13(23)19-2/h4H,1,5-10H2,2-3H3,(H,19,23). The van der Waals surface area contributed by atoms with Gasteiger partial charge >= 0.3 is 0 Å². The summed E-state index contributed by atoms with van der Waals surface area (Å²) in [7, 11) is 3.11. The van der Waals surface area contributed by atoms with Crippen molar-refractivity contribution in [2.24, 2.45) is 0 Å². The smallest absolute Gasteiger partial charge is 0.263 e. The normalized spacial score (nSPS) is 12.8. The third kappa shape index (κ3) is 3.93. The third-order valence-electron chi connectivity index (χ3n) is 4.51. The van der Waals surface area contributed by atoms with Gasteiger partial charge in [-0.2, -0.15) is 0 Å². The van der Waals surface area contributed by atoms with Gasteiger partial charge in [0.2, 0.25) is 11.8 Å². The van der Waals surface area contributed by atoms with E-state index >= 15 is 0 Å². The topological polar surface area (TPSA) is 84.3 Å². The van der Waals surface area contributed by atoms with Crippen LogP contribution in [-0.4, -0.2) is 52.7 Å². The van der Waals surface area contributed by atoms with Crippen molar-refractivity contribution in [2.45, 2.75) is 31.0 Å². The minimum absolute atomic E-state index is 0.000531. The molecule has 0 atom stereocenters. The highest BCUT2D eigenvalue weighted by Crippen LogP contribution is 2.35. The molecule has 0 saturated heterocycles. The summed E-state index contributed by atoms with van der Waals surface area (Å²) in [5, 5.41) is 3.72. The molecule has 27 heavy (non-hydrogen) atoms. The lowest BCUT2D eigenvalue weighted by Crippen LogP contribution is -2.37. The lowest BCUT2D eigenvalue weighted by molar-refractivity contribution is -0.132. The number of hydrogen-bond acceptors (Lipinski definition) is 6. The summed E-state index contributed by atoms with van der Waals surface area (Å²) in [6, 6.07) is 0. The third-order valence-corrected chi connectivity index (χ3v) is 6.66. The zero-order valence-electron chi connectivity index (χ0n) is 15.4. The predicted octanol–water partition coefficient (Wildman–Crippen LogP) is 1.43. The van der Waals surface area contributed by atoms with Crippen LogP contribution in [0.25, 0.3) is 10.2 Å². The van der Waals surface area contributed by atoms with E-state index in [-0.39, 0.29) is 29.7 Å². The molecule has 0 bridgehead atoms. The molecule has 0 unspecified atom stereocenters. The van der Waals surface area contributed by atoms with E-state index in [1.807, 2.05) is 0 Å². The molecule has 0 fully saturated rings. The van der Waals surface area contributed by atoms with Crippen molar-refractivity contribution in [1.82, 2.24) is 19.8 Å². The van der Waals surface area contributed by atoms with Gasteiger partial charge in [0.1, 0.15) is 4.83 Å². The van der Waals surface area contributed by atoms with Gasteiger partial charge in [-0.3, -0.25) is 19.0 Å². The molecule has 3 rings (SSSR count). The Morgan fingerprint density at radius 1 is 1.44 bits per heavy atom. The Hall–Kier alpha value is -2.13. The van der Waals surface area contributed by atoms with Crippen LogP contribution in [0.1, 0.15) is 16.9 Å². The molecule has 2 aromatic rings. The van der Waals surface area contributed by atoms with Crippen LogP contribution in [0.2, 0.25) is 0 Å². The average molecular weight is 407 g/mol. The highest BCUT2D eigenvalue weighted by molar-refractivity contribution is 7.99. The van der Waals surface area contributed by atoms with E-state index in [9.17, 15) is 14.4 Å². The second-order valence-corrected chi connectivity index (χ2v) is 8.37. The number of likely N-dealkylation sites (N-methyl/N-ethyl adjacent to an activating group) is 2. The number of allylic oxidation sites excluding steroid dienone is 1. The van der Waals surface area contributed by atoms with E-state index in [2.05, 4.69) is 16.9 Å². The molecule has 1 aliphatic carbocycles. The Balaban J connectivity index is 1.86. The Morgan fingerprint density at radius 2 is 2.22 bits per heavy atom. The second kappa shape index (κ2) is 8.26. The highest BCUT2D eigenvalue weighted by atomic mass is 32.2. The van der Waals surface area contributed by atoms with E-state index < -0.39 is 0 Å². The summed E-state index contributed by atoms with van der Waals surface area (Å²) in [5.74, 6) is -0.322. The fourth-order valence-corrected chi connectivity index (χ4v) is 5.33. The number of aromatic nitrogens is 2. The lowest BCUT2D eigenvalue weighted by atomic mass is 10.2. The molecule has 7 nitrogen and oxygen atoms in total. The van der Waals surface area contributed by atoms with Crippen molar-refractivity contribution in [3.8, 4) is 0 Å². The first kappa shape index (κ1) is 19.6. The summed E-state index contributed by atoms with van der Waals surface area (Å²) in [6.45, 7) is 4.07. The summed E-state index contributed by atoms with van der Waals surface area (Å²) in [5.41, 5.74) is 1.08. The number of hydrogen-bond donors (Lipinski definition) is 1. The maximum absolute atomic E-state index is 13.0. The van der Waals surface area contributed by atoms with Crippen LogP contribution in [-0.2, 0) is 29.0 Å². The van der Waals surface area contributed by atoms with Crippen LogP contribution in [0.4, 0.5) is 0 Å². The monoisotopic (exact) mass is 406 g/mol. The largest absolute Gasteiger partial charge is 0.358 e. The average Bonchev–Trinajstić information content (AvgIpc) is 3.22. The van der Waals surface area contributed by atoms with Crippen molar-refractivity contribution in [3.63, 3.8) is 0 Å². The molecule has 2 heterocycles. The Bertz CT molecular complexity index is 964. The number of carbonyl (C=O) groups is 2. The Kier molecular flexibility index (Phi) is 6.01. The molecule has 0 spiro atoms. The number of nitrogens with zero attached hydrogens (tertiary/aromatic N) is 3. The first-order valence-corrected chi connectivity index (χ1v) is 10.5. The summed E-state index contributed by atoms with van der Waals surface area (Å²) < 4.78 is 1.58. The fourth-order valence-electron chi connectivity index (χ4n) is 3.08.